The summed E-state index contributed by atoms with van der Waals surface area (Å²) >= 11 is 0. The number of benzene rings is 1. The van der Waals surface area contributed by atoms with Gasteiger partial charge in [0.1, 0.15) is 5.58 Å². The van der Waals surface area contributed by atoms with Crippen LogP contribution in [0.3, 0.4) is 0 Å². The Hall–Kier alpha value is -3.12. The van der Waals surface area contributed by atoms with Gasteiger partial charge in [0.15, 0.2) is 0 Å². The van der Waals surface area contributed by atoms with E-state index in [4.69, 9.17) is 4.42 Å². The van der Waals surface area contributed by atoms with E-state index in [0.29, 0.717) is 17.2 Å². The monoisotopic (exact) mass is 416 g/mol. The summed E-state index contributed by atoms with van der Waals surface area (Å²) in [6.07, 6.45) is 6.86. The summed E-state index contributed by atoms with van der Waals surface area (Å²) < 4.78 is 7.76. The Morgan fingerprint density at radius 3 is 2.74 bits per heavy atom. The Labute approximate surface area is 181 Å². The molecule has 0 N–H and O–H groups in total. The smallest absolute Gasteiger partial charge is 0.344 e. The van der Waals surface area contributed by atoms with Gasteiger partial charge in [-0.25, -0.2) is 4.79 Å². The van der Waals surface area contributed by atoms with Crippen LogP contribution in [0.4, 0.5) is 5.69 Å². The van der Waals surface area contributed by atoms with Gasteiger partial charge in [-0.1, -0.05) is 0 Å². The van der Waals surface area contributed by atoms with Crippen molar-refractivity contribution in [3.8, 4) is 11.1 Å². The van der Waals surface area contributed by atoms with E-state index in [2.05, 4.69) is 40.8 Å². The third-order valence-corrected chi connectivity index (χ3v) is 6.26. The van der Waals surface area contributed by atoms with Crippen LogP contribution in [0.5, 0.6) is 0 Å². The van der Waals surface area contributed by atoms with Gasteiger partial charge in [0.25, 0.3) is 0 Å². The lowest BCUT2D eigenvalue weighted by atomic mass is 10.1. The van der Waals surface area contributed by atoms with E-state index in [1.807, 2.05) is 48.1 Å². The molecule has 0 amide bonds. The van der Waals surface area contributed by atoms with Crippen molar-refractivity contribution in [1.29, 1.82) is 0 Å². The van der Waals surface area contributed by atoms with Crippen LogP contribution in [0.15, 0.2) is 58.1 Å². The molecule has 3 aromatic heterocycles. The van der Waals surface area contributed by atoms with Gasteiger partial charge in [0.05, 0.1) is 23.0 Å². The Balaban J connectivity index is 1.47. The molecule has 1 aliphatic rings. The number of hydrogen-bond acceptors (Lipinski definition) is 5. The van der Waals surface area contributed by atoms with Crippen LogP contribution in [-0.4, -0.2) is 46.5 Å². The first kappa shape index (κ1) is 19.8. The molecule has 6 nitrogen and oxygen atoms in total. The number of fused-ring (bicyclic) bond motifs is 2. The van der Waals surface area contributed by atoms with Gasteiger partial charge in [-0.15, -0.1) is 0 Å². The van der Waals surface area contributed by atoms with Crippen molar-refractivity contribution < 1.29 is 4.42 Å². The first-order valence-corrected chi connectivity index (χ1v) is 11.0. The molecule has 0 atom stereocenters. The minimum atomic E-state index is -0.313. The molecule has 4 heterocycles. The summed E-state index contributed by atoms with van der Waals surface area (Å²) in [7, 11) is 0. The highest BCUT2D eigenvalue weighted by molar-refractivity contribution is 5.85. The second-order valence-electron chi connectivity index (χ2n) is 8.73. The average Bonchev–Trinajstić information content (AvgIpc) is 2.99. The van der Waals surface area contributed by atoms with Gasteiger partial charge in [0, 0.05) is 67.3 Å². The van der Waals surface area contributed by atoms with E-state index < -0.39 is 0 Å². The number of nitrogens with zero attached hydrogens (tertiary/aromatic N) is 4. The molecule has 1 saturated heterocycles. The van der Waals surface area contributed by atoms with Crippen molar-refractivity contribution in [3.05, 3.63) is 65.0 Å². The molecule has 1 aliphatic heterocycles. The number of aromatic nitrogens is 2. The summed E-state index contributed by atoms with van der Waals surface area (Å²) in [5, 5.41) is 0.932. The predicted octanol–water partition coefficient (Wildman–Crippen LogP) is 4.34. The molecule has 1 fully saturated rings. The first-order chi connectivity index (χ1) is 15.0. The Kier molecular flexibility index (Phi) is 5.02. The Morgan fingerprint density at radius 2 is 1.90 bits per heavy atom. The summed E-state index contributed by atoms with van der Waals surface area (Å²) in [5.41, 5.74) is 4.73. The van der Waals surface area contributed by atoms with Gasteiger partial charge < -0.3 is 13.7 Å². The summed E-state index contributed by atoms with van der Waals surface area (Å²) in [6.45, 7) is 10.6. The normalized spacial score (nSPS) is 15.8. The molecular formula is C25H28N4O2. The molecule has 0 aliphatic carbocycles. The average molecular weight is 417 g/mol. The van der Waals surface area contributed by atoms with Crippen molar-refractivity contribution in [3.63, 3.8) is 0 Å². The number of anilines is 1. The second-order valence-corrected chi connectivity index (χ2v) is 8.73. The van der Waals surface area contributed by atoms with Crippen LogP contribution < -0.4 is 10.5 Å². The minimum Gasteiger partial charge on any atom is -0.422 e. The zero-order valence-electron chi connectivity index (χ0n) is 18.3. The van der Waals surface area contributed by atoms with Crippen LogP contribution in [0.25, 0.3) is 27.6 Å². The van der Waals surface area contributed by atoms with Gasteiger partial charge in [0.2, 0.25) is 0 Å². The number of hydrogen-bond donors (Lipinski definition) is 0. The standard InChI is InChI=1S/C25H28N4O2/c1-17(2)27-7-4-8-28(10-9-27)21-6-5-19-12-23(25(30)31-24(19)13-21)20-11-22-14-26-18(3)15-29(22)16-20/h5-6,11-17H,4,7-10H2,1-3H3. The highest BCUT2D eigenvalue weighted by Crippen LogP contribution is 2.27. The summed E-state index contributed by atoms with van der Waals surface area (Å²) in [4.78, 5) is 22.1. The van der Waals surface area contributed by atoms with Crippen molar-refractivity contribution in [2.75, 3.05) is 31.1 Å². The third-order valence-electron chi connectivity index (χ3n) is 6.26. The van der Waals surface area contributed by atoms with Crippen LogP contribution in [-0.2, 0) is 0 Å². The maximum Gasteiger partial charge on any atom is 0.344 e. The summed E-state index contributed by atoms with van der Waals surface area (Å²) in [5.74, 6) is 0. The van der Waals surface area contributed by atoms with Crippen LogP contribution >= 0.6 is 0 Å². The second kappa shape index (κ2) is 7.85. The zero-order chi connectivity index (χ0) is 21.5. The van der Waals surface area contributed by atoms with Crippen LogP contribution in [0, 0.1) is 6.92 Å². The van der Waals surface area contributed by atoms with E-state index in [1.165, 1.54) is 0 Å². The minimum absolute atomic E-state index is 0.313. The lowest BCUT2D eigenvalue weighted by Gasteiger charge is -2.25. The lowest BCUT2D eigenvalue weighted by molar-refractivity contribution is 0.238. The SMILES string of the molecule is Cc1cn2cc(-c3cc4ccc(N5CCCN(C(C)C)CC5)cc4oc3=O)cc2cn1. The van der Waals surface area contributed by atoms with Crippen LogP contribution in [0.2, 0.25) is 0 Å². The van der Waals surface area contributed by atoms with Crippen LogP contribution in [0.1, 0.15) is 26.0 Å². The van der Waals surface area contributed by atoms with Gasteiger partial charge in [-0.2, -0.15) is 0 Å². The van der Waals surface area contributed by atoms with E-state index >= 15 is 0 Å². The summed E-state index contributed by atoms with van der Waals surface area (Å²) in [6, 6.07) is 10.7. The molecule has 0 bridgehead atoms. The topological polar surface area (TPSA) is 54.0 Å². The fourth-order valence-corrected chi connectivity index (χ4v) is 4.47. The molecule has 160 valence electrons. The highest BCUT2D eigenvalue weighted by Gasteiger charge is 2.18. The molecule has 0 spiro atoms. The highest BCUT2D eigenvalue weighted by atomic mass is 16.4. The predicted molar refractivity (Wildman–Crippen MR) is 125 cm³/mol. The molecule has 4 aromatic rings. The maximum atomic E-state index is 12.8. The van der Waals surface area contributed by atoms with Gasteiger partial charge in [-0.05, 0) is 51.5 Å². The lowest BCUT2D eigenvalue weighted by Crippen LogP contribution is -2.35. The fraction of sp³-hybridized carbons (Fsp3) is 0.360. The van der Waals surface area contributed by atoms with Crippen molar-refractivity contribution in [1.82, 2.24) is 14.3 Å². The third kappa shape index (κ3) is 3.83. The molecular weight excluding hydrogens is 388 g/mol. The molecule has 5 rings (SSSR count). The number of aryl methyl sites for hydroxylation is 1. The van der Waals surface area contributed by atoms with Crippen molar-refractivity contribution in [2.45, 2.75) is 33.2 Å². The largest absolute Gasteiger partial charge is 0.422 e. The quantitative estimate of drug-likeness (QED) is 0.465. The number of rotatable bonds is 3. The molecule has 0 saturated carbocycles. The molecule has 31 heavy (non-hydrogen) atoms. The first-order valence-electron chi connectivity index (χ1n) is 11.0. The maximum absolute atomic E-state index is 12.8. The van der Waals surface area contributed by atoms with Gasteiger partial charge in [-0.3, -0.25) is 9.88 Å². The zero-order valence-corrected chi connectivity index (χ0v) is 18.3. The van der Waals surface area contributed by atoms with E-state index in [1.54, 1.807) is 0 Å². The molecule has 1 aromatic carbocycles. The Bertz CT molecular complexity index is 1300. The molecule has 0 unspecified atom stereocenters. The van der Waals surface area contributed by atoms with Crippen molar-refractivity contribution >= 4 is 22.2 Å². The Morgan fingerprint density at radius 1 is 1.03 bits per heavy atom. The van der Waals surface area contributed by atoms with Gasteiger partial charge >= 0.3 is 5.63 Å². The molecule has 0 radical (unpaired) electrons. The molecule has 6 heteroatoms. The van der Waals surface area contributed by atoms with Crippen molar-refractivity contribution in [2.24, 2.45) is 0 Å². The fourth-order valence-electron chi connectivity index (χ4n) is 4.47. The van der Waals surface area contributed by atoms with E-state index in [-0.39, 0.29) is 5.63 Å². The van der Waals surface area contributed by atoms with E-state index in [9.17, 15) is 4.79 Å². The van der Waals surface area contributed by atoms with E-state index in [0.717, 1.165) is 60.4 Å².